The summed E-state index contributed by atoms with van der Waals surface area (Å²) >= 11 is 0. The summed E-state index contributed by atoms with van der Waals surface area (Å²) in [4.78, 5) is 0. The molecule has 6 nitrogen and oxygen atoms in total. The molecule has 11 heavy (non-hydrogen) atoms. The van der Waals surface area contributed by atoms with Crippen molar-refractivity contribution in [3.8, 4) is 0 Å². The fourth-order valence-corrected chi connectivity index (χ4v) is 0.836. The first-order valence-electron chi connectivity index (χ1n) is 2.72. The molecule has 1 heterocycles. The second-order valence-electron chi connectivity index (χ2n) is 1.72. The lowest BCUT2D eigenvalue weighted by atomic mass is 10.6. The smallest absolute Gasteiger partial charge is 0.439 e. The van der Waals surface area contributed by atoms with E-state index in [-0.39, 0.29) is 12.7 Å². The molecule has 0 unspecified atom stereocenters. The van der Waals surface area contributed by atoms with Crippen LogP contribution in [0.1, 0.15) is 0 Å². The Bertz CT molecular complexity index is 164. The lowest BCUT2D eigenvalue weighted by Crippen LogP contribution is -2.61. The van der Waals surface area contributed by atoms with Crippen molar-refractivity contribution < 1.29 is 33.2 Å². The van der Waals surface area contributed by atoms with Crippen molar-refractivity contribution in [2.24, 2.45) is 0 Å². The van der Waals surface area contributed by atoms with Crippen molar-refractivity contribution in [1.82, 2.24) is 5.32 Å². The van der Waals surface area contributed by atoms with Crippen LogP contribution in [0.5, 0.6) is 0 Å². The summed E-state index contributed by atoms with van der Waals surface area (Å²) in [7, 11) is -4.43. The molecule has 0 saturated carbocycles. The molecule has 1 aliphatic heterocycles. The Labute approximate surface area is 64.8 Å². The molecule has 64 valence electrons. The van der Waals surface area contributed by atoms with Crippen molar-refractivity contribution in [2.45, 2.75) is 0 Å². The normalized spacial score (nSPS) is 18.6. The highest BCUT2D eigenvalue weighted by Crippen LogP contribution is 2.06. The monoisotopic (exact) mass is 183 g/mol. The molecule has 0 fully saturated rings. The van der Waals surface area contributed by atoms with E-state index in [2.05, 4.69) is 14.3 Å². The predicted molar refractivity (Wildman–Crippen MR) is 23.1 cm³/mol. The summed E-state index contributed by atoms with van der Waals surface area (Å²) in [6.07, 6.45) is 1.31. The SMILES string of the molecule is [O-][Cl+3]([O-])([O-])OC1=CCNCO1. The van der Waals surface area contributed by atoms with Gasteiger partial charge in [0, 0.05) is 12.6 Å². The van der Waals surface area contributed by atoms with Gasteiger partial charge >= 0.3 is 5.95 Å². The van der Waals surface area contributed by atoms with Crippen LogP contribution in [0.4, 0.5) is 0 Å². The van der Waals surface area contributed by atoms with Gasteiger partial charge in [0.15, 0.2) is 0 Å². The Balaban J connectivity index is 2.42. The molecule has 0 aromatic carbocycles. The molecular weight excluding hydrogens is 177 g/mol. The first-order valence-corrected chi connectivity index (χ1v) is 3.95. The minimum absolute atomic E-state index is 0.136. The number of hydrogen-bond acceptors (Lipinski definition) is 6. The van der Waals surface area contributed by atoms with Gasteiger partial charge in [-0.3, -0.25) is 5.32 Å². The molecule has 1 rings (SSSR count). The Morgan fingerprint density at radius 1 is 1.55 bits per heavy atom. The lowest BCUT2D eigenvalue weighted by Gasteiger charge is -2.16. The highest BCUT2D eigenvalue weighted by molar-refractivity contribution is 4.87. The van der Waals surface area contributed by atoms with E-state index in [0.29, 0.717) is 6.54 Å². The minimum atomic E-state index is -4.43. The van der Waals surface area contributed by atoms with Gasteiger partial charge in [0.05, 0.1) is 0 Å². The predicted octanol–water partition coefficient (Wildman–Crippen LogP) is -3.68. The lowest BCUT2D eigenvalue weighted by molar-refractivity contribution is -1.92. The Morgan fingerprint density at radius 3 is 2.73 bits per heavy atom. The van der Waals surface area contributed by atoms with E-state index in [4.69, 9.17) is 0 Å². The summed E-state index contributed by atoms with van der Waals surface area (Å²) in [5.74, 6) is -0.277. The van der Waals surface area contributed by atoms with Crippen molar-refractivity contribution in [1.29, 1.82) is 0 Å². The highest BCUT2D eigenvalue weighted by atomic mass is 35.7. The minimum Gasteiger partial charge on any atom is -0.439 e. The fourth-order valence-electron chi connectivity index (χ4n) is 0.542. The second kappa shape index (κ2) is 3.24. The van der Waals surface area contributed by atoms with Gasteiger partial charge in [-0.05, 0) is 4.29 Å². The van der Waals surface area contributed by atoms with Crippen LogP contribution in [-0.2, 0) is 9.03 Å². The molecule has 0 aromatic heterocycles. The van der Waals surface area contributed by atoms with Gasteiger partial charge in [0.1, 0.15) is 17.0 Å². The van der Waals surface area contributed by atoms with E-state index in [1.165, 1.54) is 6.08 Å². The molecule has 0 aliphatic carbocycles. The third-order valence-electron chi connectivity index (χ3n) is 0.900. The van der Waals surface area contributed by atoms with Crippen molar-refractivity contribution in [2.75, 3.05) is 13.3 Å². The first-order chi connectivity index (χ1) is 5.08. The van der Waals surface area contributed by atoms with Crippen LogP contribution in [0.15, 0.2) is 12.0 Å². The largest absolute Gasteiger partial charge is 0.441 e. The maximum absolute atomic E-state index is 9.95. The number of nitrogens with one attached hydrogen (secondary N) is 1. The average molecular weight is 184 g/mol. The number of hydrogen-bond donors (Lipinski definition) is 1. The number of rotatable bonds is 2. The molecule has 0 bridgehead atoms. The standard InChI is InChI=1S/C4H6ClNO5/c7-5(8,9)11-4-1-2-6-3-10-4/h1,6H,2-3H2. The van der Waals surface area contributed by atoms with E-state index in [1.807, 2.05) is 0 Å². The van der Waals surface area contributed by atoms with Crippen LogP contribution in [0.3, 0.4) is 0 Å². The molecule has 0 atom stereocenters. The van der Waals surface area contributed by atoms with Crippen LogP contribution >= 0.6 is 0 Å². The van der Waals surface area contributed by atoms with E-state index in [0.717, 1.165) is 0 Å². The van der Waals surface area contributed by atoms with Crippen LogP contribution in [0, 0.1) is 10.2 Å². The van der Waals surface area contributed by atoms with Gasteiger partial charge in [-0.2, -0.15) is 14.0 Å². The van der Waals surface area contributed by atoms with E-state index >= 15 is 0 Å². The topological polar surface area (TPSA) is 99.7 Å². The van der Waals surface area contributed by atoms with E-state index < -0.39 is 10.2 Å². The Kier molecular flexibility index (Phi) is 2.53. The van der Waals surface area contributed by atoms with Crippen LogP contribution in [-0.4, -0.2) is 13.3 Å². The zero-order chi connectivity index (χ0) is 8.32. The zero-order valence-electron chi connectivity index (χ0n) is 5.41. The average Bonchev–Trinajstić information content (AvgIpc) is 1.85. The summed E-state index contributed by atoms with van der Waals surface area (Å²) in [6.45, 7) is 0.553. The molecule has 0 saturated heterocycles. The summed E-state index contributed by atoms with van der Waals surface area (Å²) < 4.78 is 38.3. The molecule has 7 heteroatoms. The van der Waals surface area contributed by atoms with Gasteiger partial charge in [-0.1, -0.05) is 0 Å². The van der Waals surface area contributed by atoms with Gasteiger partial charge in [0.2, 0.25) is 0 Å². The van der Waals surface area contributed by atoms with Crippen molar-refractivity contribution >= 4 is 0 Å². The molecule has 0 aromatic rings. The summed E-state index contributed by atoms with van der Waals surface area (Å²) in [5, 5.41) is 2.72. The molecular formula is C4H6ClNO5. The van der Waals surface area contributed by atoms with Gasteiger partial charge < -0.3 is 4.74 Å². The zero-order valence-corrected chi connectivity index (χ0v) is 6.17. The molecule has 0 spiro atoms. The van der Waals surface area contributed by atoms with Gasteiger partial charge in [-0.15, -0.1) is 0 Å². The summed E-state index contributed by atoms with van der Waals surface area (Å²) in [6, 6.07) is 0. The van der Waals surface area contributed by atoms with Crippen molar-refractivity contribution in [3.05, 3.63) is 12.0 Å². The number of halogens is 1. The Morgan fingerprint density at radius 2 is 2.27 bits per heavy atom. The second-order valence-corrected chi connectivity index (χ2v) is 2.63. The van der Waals surface area contributed by atoms with Gasteiger partial charge in [0.25, 0.3) is 0 Å². The van der Waals surface area contributed by atoms with E-state index in [1.54, 1.807) is 0 Å². The molecule has 1 aliphatic rings. The third-order valence-corrected chi connectivity index (χ3v) is 1.24. The molecule has 1 N–H and O–H groups in total. The van der Waals surface area contributed by atoms with Crippen molar-refractivity contribution in [3.63, 3.8) is 0 Å². The maximum Gasteiger partial charge on any atom is 0.441 e. The van der Waals surface area contributed by atoms with Crippen LogP contribution < -0.4 is 19.3 Å². The van der Waals surface area contributed by atoms with Crippen LogP contribution in [0.2, 0.25) is 0 Å². The van der Waals surface area contributed by atoms with Crippen LogP contribution in [0.25, 0.3) is 0 Å². The summed E-state index contributed by atoms with van der Waals surface area (Å²) in [5.41, 5.74) is 0. The quantitative estimate of drug-likeness (QED) is 0.473. The Hall–Kier alpha value is -0.530. The fraction of sp³-hybridized carbons (Fsp3) is 0.500. The first kappa shape index (κ1) is 8.57. The number of ether oxygens (including phenoxy) is 1. The highest BCUT2D eigenvalue weighted by Gasteiger charge is 2.24. The third kappa shape index (κ3) is 3.40. The maximum atomic E-state index is 9.95. The molecule has 0 amide bonds. The van der Waals surface area contributed by atoms with E-state index in [9.17, 15) is 14.0 Å². The molecule has 0 radical (unpaired) electrons. The van der Waals surface area contributed by atoms with Gasteiger partial charge in [-0.25, -0.2) is 0 Å².